The third-order valence-corrected chi connectivity index (χ3v) is 2.65. The van der Waals surface area contributed by atoms with Crippen LogP contribution >= 0.6 is 0 Å². The maximum Gasteiger partial charge on any atom is 0.414 e. The molecule has 0 aliphatic carbocycles. The molecule has 0 heterocycles. The van der Waals surface area contributed by atoms with Gasteiger partial charge in [-0.05, 0) is 26.1 Å². The Kier molecular flexibility index (Phi) is 6.74. The third-order valence-electron chi connectivity index (χ3n) is 2.65. The Balaban J connectivity index is 0.000000459. The first-order valence-electron chi connectivity index (χ1n) is 5.67. The predicted octanol–water partition coefficient (Wildman–Crippen LogP) is 0.959. The van der Waals surface area contributed by atoms with E-state index in [2.05, 4.69) is 0 Å². The number of hydrogen-bond donors (Lipinski definition) is 3. The van der Waals surface area contributed by atoms with Gasteiger partial charge in [-0.15, -0.1) is 0 Å². The lowest BCUT2D eigenvalue weighted by Gasteiger charge is -2.34. The van der Waals surface area contributed by atoms with Crippen LogP contribution in [0.5, 0.6) is 0 Å². The van der Waals surface area contributed by atoms with Crippen molar-refractivity contribution in [1.82, 2.24) is 4.90 Å². The molecular formula is C13H19NO5. The minimum Gasteiger partial charge on any atom is -0.473 e. The van der Waals surface area contributed by atoms with Crippen LogP contribution in [0.2, 0.25) is 0 Å². The first-order chi connectivity index (χ1) is 8.75. The molecule has 0 spiro atoms. The number of rotatable bonds is 3. The summed E-state index contributed by atoms with van der Waals surface area (Å²) in [4.78, 5) is 20.0. The quantitative estimate of drug-likeness (QED) is 0.558. The van der Waals surface area contributed by atoms with Gasteiger partial charge < -0.3 is 15.3 Å². The number of aliphatic hydroxyl groups is 1. The van der Waals surface area contributed by atoms with Crippen LogP contribution in [0, 0.1) is 0 Å². The van der Waals surface area contributed by atoms with Crippen molar-refractivity contribution in [2.45, 2.75) is 19.1 Å². The molecule has 1 aromatic carbocycles. The number of aliphatic carboxylic acids is 2. The first kappa shape index (κ1) is 17.1. The van der Waals surface area contributed by atoms with E-state index in [0.717, 1.165) is 5.56 Å². The molecule has 1 rings (SSSR count). The zero-order chi connectivity index (χ0) is 15.1. The predicted molar refractivity (Wildman–Crippen MR) is 69.6 cm³/mol. The van der Waals surface area contributed by atoms with Crippen LogP contribution < -0.4 is 0 Å². The van der Waals surface area contributed by atoms with Crippen molar-refractivity contribution in [2.75, 3.05) is 14.1 Å². The van der Waals surface area contributed by atoms with Gasteiger partial charge in [0.15, 0.2) is 0 Å². The smallest absolute Gasteiger partial charge is 0.414 e. The van der Waals surface area contributed by atoms with E-state index in [4.69, 9.17) is 19.8 Å². The molecule has 0 aromatic heterocycles. The molecule has 0 radical (unpaired) electrons. The maximum absolute atomic E-state index is 10.3. The number of carboxylic acid groups (broad SMARTS) is 2. The third kappa shape index (κ3) is 5.07. The molecular weight excluding hydrogens is 250 g/mol. The summed E-state index contributed by atoms with van der Waals surface area (Å²) < 4.78 is 0. The fourth-order valence-electron chi connectivity index (χ4n) is 1.48. The molecule has 3 N–H and O–H groups in total. The minimum atomic E-state index is -1.82. The molecule has 0 aliphatic rings. The zero-order valence-electron chi connectivity index (χ0n) is 11.2. The van der Waals surface area contributed by atoms with Gasteiger partial charge in [0, 0.05) is 0 Å². The van der Waals surface area contributed by atoms with Crippen LogP contribution in [-0.4, -0.2) is 46.3 Å². The van der Waals surface area contributed by atoms with Crippen molar-refractivity contribution in [3.63, 3.8) is 0 Å². The summed E-state index contributed by atoms with van der Waals surface area (Å²) in [5.74, 6) is -3.65. The van der Waals surface area contributed by atoms with Gasteiger partial charge in [0.2, 0.25) is 0 Å². The largest absolute Gasteiger partial charge is 0.473 e. The number of nitrogens with zero attached hydrogens (tertiary/aromatic N) is 1. The fourth-order valence-corrected chi connectivity index (χ4v) is 1.48. The van der Waals surface area contributed by atoms with Crippen LogP contribution in [0.15, 0.2) is 30.3 Å². The highest BCUT2D eigenvalue weighted by atomic mass is 16.4. The first-order valence-corrected chi connectivity index (χ1v) is 5.67. The Morgan fingerprint density at radius 1 is 1.11 bits per heavy atom. The monoisotopic (exact) mass is 269 g/mol. The molecule has 106 valence electrons. The van der Waals surface area contributed by atoms with E-state index in [0.29, 0.717) is 6.42 Å². The molecule has 1 aromatic rings. The van der Waals surface area contributed by atoms with Gasteiger partial charge in [-0.2, -0.15) is 0 Å². The molecule has 0 saturated carbocycles. The van der Waals surface area contributed by atoms with Crippen molar-refractivity contribution in [3.05, 3.63) is 35.9 Å². The van der Waals surface area contributed by atoms with Gasteiger partial charge in [0.1, 0.15) is 5.72 Å². The van der Waals surface area contributed by atoms with Gasteiger partial charge in [0.05, 0.1) is 0 Å². The van der Waals surface area contributed by atoms with Crippen molar-refractivity contribution < 1.29 is 24.9 Å². The Morgan fingerprint density at radius 2 is 1.53 bits per heavy atom. The molecule has 0 unspecified atom stereocenters. The molecule has 0 fully saturated rings. The lowest BCUT2D eigenvalue weighted by atomic mass is 9.99. The number of carbonyl (C=O) groups is 2. The summed E-state index contributed by atoms with van der Waals surface area (Å²) in [5, 5.41) is 25.1. The Hall–Kier alpha value is -1.92. The summed E-state index contributed by atoms with van der Waals surface area (Å²) in [5.41, 5.74) is 0.115. The lowest BCUT2D eigenvalue weighted by Crippen LogP contribution is -2.40. The average Bonchev–Trinajstić information content (AvgIpc) is 2.39. The molecule has 0 aliphatic heterocycles. The van der Waals surface area contributed by atoms with Crippen molar-refractivity contribution in [2.24, 2.45) is 0 Å². The molecule has 6 nitrogen and oxygen atoms in total. The van der Waals surface area contributed by atoms with Crippen LogP contribution in [0.1, 0.15) is 18.9 Å². The Morgan fingerprint density at radius 3 is 1.79 bits per heavy atom. The highest BCUT2D eigenvalue weighted by molar-refractivity contribution is 6.27. The second-order valence-corrected chi connectivity index (χ2v) is 4.04. The van der Waals surface area contributed by atoms with E-state index in [-0.39, 0.29) is 0 Å². The van der Waals surface area contributed by atoms with Crippen LogP contribution in [0.25, 0.3) is 0 Å². The molecule has 6 heteroatoms. The zero-order valence-corrected chi connectivity index (χ0v) is 11.2. The maximum atomic E-state index is 10.3. The topological polar surface area (TPSA) is 98.1 Å². The second kappa shape index (κ2) is 7.50. The van der Waals surface area contributed by atoms with Gasteiger partial charge in [-0.1, -0.05) is 37.3 Å². The van der Waals surface area contributed by atoms with Gasteiger partial charge in [0.25, 0.3) is 0 Å². The summed E-state index contributed by atoms with van der Waals surface area (Å²) in [6, 6.07) is 9.74. The highest BCUT2D eigenvalue weighted by Crippen LogP contribution is 2.26. The van der Waals surface area contributed by atoms with Gasteiger partial charge >= 0.3 is 11.9 Å². The summed E-state index contributed by atoms with van der Waals surface area (Å²) >= 11 is 0. The summed E-state index contributed by atoms with van der Waals surface area (Å²) in [6.07, 6.45) is 0.685. The lowest BCUT2D eigenvalue weighted by molar-refractivity contribution is -0.159. The molecule has 0 amide bonds. The summed E-state index contributed by atoms with van der Waals surface area (Å²) in [6.45, 7) is 1.98. The van der Waals surface area contributed by atoms with E-state index in [1.807, 2.05) is 56.3 Å². The Bertz CT molecular complexity index is 406. The normalized spacial score (nSPS) is 13.1. The van der Waals surface area contributed by atoms with E-state index in [9.17, 15) is 5.11 Å². The number of hydrogen-bond acceptors (Lipinski definition) is 4. The van der Waals surface area contributed by atoms with Crippen molar-refractivity contribution in [3.8, 4) is 0 Å². The molecule has 1 atom stereocenters. The second-order valence-electron chi connectivity index (χ2n) is 4.04. The Labute approximate surface area is 111 Å². The average molecular weight is 269 g/mol. The number of benzene rings is 1. The van der Waals surface area contributed by atoms with E-state index in [1.165, 1.54) is 0 Å². The van der Waals surface area contributed by atoms with Gasteiger partial charge in [-0.25, -0.2) is 9.59 Å². The minimum absolute atomic E-state index is 0.685. The van der Waals surface area contributed by atoms with Gasteiger partial charge in [-0.3, -0.25) is 4.90 Å². The van der Waals surface area contributed by atoms with Crippen molar-refractivity contribution >= 4 is 11.9 Å². The fraction of sp³-hybridized carbons (Fsp3) is 0.385. The van der Waals surface area contributed by atoms with Crippen molar-refractivity contribution in [1.29, 1.82) is 0 Å². The van der Waals surface area contributed by atoms with E-state index >= 15 is 0 Å². The highest BCUT2D eigenvalue weighted by Gasteiger charge is 2.28. The standard InChI is InChI=1S/C11H17NO.C2H2O4/c1-4-11(13,12(2)3)10-8-6-5-7-9-10;3-1(4)2(5)6/h5-9,13H,4H2,1-3H3;(H,3,4)(H,5,6)/t11-;/m1./s1. The molecule has 0 bridgehead atoms. The van der Waals surface area contributed by atoms with Crippen LogP contribution in [0.4, 0.5) is 0 Å². The van der Waals surface area contributed by atoms with Crippen LogP contribution in [0.3, 0.4) is 0 Å². The molecule has 0 saturated heterocycles. The van der Waals surface area contributed by atoms with E-state index < -0.39 is 17.7 Å². The SMILES string of the molecule is CC[C@@](O)(c1ccccc1)N(C)C.O=C(O)C(=O)O. The summed E-state index contributed by atoms with van der Waals surface area (Å²) in [7, 11) is 3.77. The van der Waals surface area contributed by atoms with E-state index in [1.54, 1.807) is 0 Å². The molecule has 19 heavy (non-hydrogen) atoms. The van der Waals surface area contributed by atoms with Crippen LogP contribution in [-0.2, 0) is 15.3 Å². The number of carboxylic acids is 2.